The lowest BCUT2D eigenvalue weighted by Crippen LogP contribution is -2.26. The Morgan fingerprint density at radius 3 is 2.57 bits per heavy atom. The van der Waals surface area contributed by atoms with Crippen LogP contribution in [0, 0.1) is 18.8 Å². The van der Waals surface area contributed by atoms with Crippen molar-refractivity contribution in [3.63, 3.8) is 0 Å². The highest BCUT2D eigenvalue weighted by Crippen LogP contribution is 2.13. The molecule has 2 rings (SSSR count). The summed E-state index contributed by atoms with van der Waals surface area (Å²) < 4.78 is 5.22. The van der Waals surface area contributed by atoms with Crippen molar-refractivity contribution in [2.24, 2.45) is 0 Å². The van der Waals surface area contributed by atoms with E-state index in [1.54, 1.807) is 18.0 Å². The van der Waals surface area contributed by atoms with E-state index < -0.39 is 0 Å². The van der Waals surface area contributed by atoms with Crippen molar-refractivity contribution < 1.29 is 14.3 Å². The second-order valence-electron chi connectivity index (χ2n) is 4.75. The van der Waals surface area contributed by atoms with Crippen molar-refractivity contribution in [1.29, 1.82) is 0 Å². The number of hydrogen-bond donors (Lipinski definition) is 1. The highest BCUT2D eigenvalue weighted by molar-refractivity contribution is 5.92. The fourth-order valence-corrected chi connectivity index (χ4v) is 1.95. The summed E-state index contributed by atoms with van der Waals surface area (Å²) in [6.45, 7) is 2.19. The summed E-state index contributed by atoms with van der Waals surface area (Å²) in [6, 6.07) is 9.35. The van der Waals surface area contributed by atoms with Crippen LogP contribution in [0.5, 0.6) is 0 Å². The molecular formula is C17H17NO3. The van der Waals surface area contributed by atoms with Gasteiger partial charge < -0.3 is 14.4 Å². The third-order valence-electron chi connectivity index (χ3n) is 3.09. The number of aryl methyl sites for hydroxylation is 1. The number of benzene rings is 1. The Morgan fingerprint density at radius 2 is 2.00 bits per heavy atom. The highest BCUT2D eigenvalue weighted by atomic mass is 16.3. The SMILES string of the molecule is Cc1ccoc1C(=O)N(C)Cc1ccc(C#CCO)cc1. The molecule has 108 valence electrons. The molecule has 0 radical (unpaired) electrons. The minimum absolute atomic E-state index is 0.137. The minimum Gasteiger partial charge on any atom is -0.459 e. The van der Waals surface area contributed by atoms with Crippen molar-refractivity contribution in [2.75, 3.05) is 13.7 Å². The molecule has 21 heavy (non-hydrogen) atoms. The van der Waals surface area contributed by atoms with Crippen LogP contribution in [0.3, 0.4) is 0 Å². The molecule has 0 saturated heterocycles. The Morgan fingerprint density at radius 1 is 1.29 bits per heavy atom. The summed E-state index contributed by atoms with van der Waals surface area (Å²) in [5.74, 6) is 5.67. The second-order valence-corrected chi connectivity index (χ2v) is 4.75. The number of furan rings is 1. The first-order chi connectivity index (χ1) is 10.1. The van der Waals surface area contributed by atoms with E-state index in [-0.39, 0.29) is 12.5 Å². The van der Waals surface area contributed by atoms with Gasteiger partial charge in [-0.15, -0.1) is 0 Å². The van der Waals surface area contributed by atoms with Crippen LogP contribution in [-0.4, -0.2) is 29.6 Å². The van der Waals surface area contributed by atoms with E-state index >= 15 is 0 Å². The molecule has 0 saturated carbocycles. The molecule has 0 spiro atoms. The van der Waals surface area contributed by atoms with Gasteiger partial charge in [-0.2, -0.15) is 0 Å². The largest absolute Gasteiger partial charge is 0.459 e. The van der Waals surface area contributed by atoms with Crippen LogP contribution in [0.25, 0.3) is 0 Å². The van der Waals surface area contributed by atoms with Gasteiger partial charge in [-0.25, -0.2) is 0 Å². The van der Waals surface area contributed by atoms with E-state index in [0.29, 0.717) is 12.3 Å². The number of carbonyl (C=O) groups is 1. The first-order valence-corrected chi connectivity index (χ1v) is 6.60. The molecule has 0 unspecified atom stereocenters. The van der Waals surface area contributed by atoms with Gasteiger partial charge in [-0.1, -0.05) is 24.0 Å². The molecular weight excluding hydrogens is 266 g/mol. The maximum Gasteiger partial charge on any atom is 0.289 e. The van der Waals surface area contributed by atoms with Crippen LogP contribution < -0.4 is 0 Å². The molecule has 0 aliphatic carbocycles. The van der Waals surface area contributed by atoms with Crippen LogP contribution in [0.15, 0.2) is 41.0 Å². The van der Waals surface area contributed by atoms with E-state index in [0.717, 1.165) is 16.7 Å². The number of nitrogens with zero attached hydrogens (tertiary/aromatic N) is 1. The lowest BCUT2D eigenvalue weighted by molar-refractivity contribution is 0.0752. The highest BCUT2D eigenvalue weighted by Gasteiger charge is 2.17. The second kappa shape index (κ2) is 6.78. The average molecular weight is 283 g/mol. The van der Waals surface area contributed by atoms with Gasteiger partial charge >= 0.3 is 0 Å². The van der Waals surface area contributed by atoms with Gasteiger partial charge in [0, 0.05) is 24.7 Å². The van der Waals surface area contributed by atoms with Crippen molar-refractivity contribution in [3.8, 4) is 11.8 Å². The number of amides is 1. The van der Waals surface area contributed by atoms with Gasteiger partial charge in [0.1, 0.15) is 6.61 Å². The van der Waals surface area contributed by atoms with E-state index in [2.05, 4.69) is 11.8 Å². The predicted octanol–water partition coefficient (Wildman–Crippen LogP) is 2.20. The molecule has 0 bridgehead atoms. The zero-order valence-corrected chi connectivity index (χ0v) is 12.1. The van der Waals surface area contributed by atoms with Crippen molar-refractivity contribution in [3.05, 3.63) is 59.0 Å². The molecule has 0 atom stereocenters. The fourth-order valence-electron chi connectivity index (χ4n) is 1.95. The Kier molecular flexibility index (Phi) is 4.81. The quantitative estimate of drug-likeness (QED) is 0.879. The number of aliphatic hydroxyl groups excluding tert-OH is 1. The van der Waals surface area contributed by atoms with Gasteiger partial charge in [-0.3, -0.25) is 4.79 Å². The van der Waals surface area contributed by atoms with Crippen molar-refractivity contribution >= 4 is 5.91 Å². The van der Waals surface area contributed by atoms with E-state index in [4.69, 9.17) is 9.52 Å². The van der Waals surface area contributed by atoms with Crippen LogP contribution in [0.1, 0.15) is 27.2 Å². The van der Waals surface area contributed by atoms with Crippen molar-refractivity contribution in [1.82, 2.24) is 4.90 Å². The minimum atomic E-state index is -0.151. The predicted molar refractivity (Wildman–Crippen MR) is 79.6 cm³/mol. The summed E-state index contributed by atoms with van der Waals surface area (Å²) in [6.07, 6.45) is 1.52. The first-order valence-electron chi connectivity index (χ1n) is 6.60. The monoisotopic (exact) mass is 283 g/mol. The zero-order valence-electron chi connectivity index (χ0n) is 12.1. The summed E-state index contributed by atoms with van der Waals surface area (Å²) in [5.41, 5.74) is 2.68. The van der Waals surface area contributed by atoms with E-state index in [1.807, 2.05) is 31.2 Å². The standard InChI is InChI=1S/C17H17NO3/c1-13-9-11-21-16(13)17(20)18(2)12-15-7-5-14(6-8-15)4-3-10-19/h5-9,11,19H,10,12H2,1-2H3. The molecule has 0 aliphatic rings. The molecule has 0 fully saturated rings. The van der Waals surface area contributed by atoms with Gasteiger partial charge in [0.15, 0.2) is 5.76 Å². The number of carbonyl (C=O) groups excluding carboxylic acids is 1. The maximum absolute atomic E-state index is 12.2. The van der Waals surface area contributed by atoms with Crippen molar-refractivity contribution in [2.45, 2.75) is 13.5 Å². The van der Waals surface area contributed by atoms with Gasteiger partial charge in [0.25, 0.3) is 5.91 Å². The summed E-state index contributed by atoms with van der Waals surface area (Å²) in [7, 11) is 1.74. The number of hydrogen-bond acceptors (Lipinski definition) is 3. The Bertz CT molecular complexity index is 674. The van der Waals surface area contributed by atoms with Gasteiger partial charge in [0.05, 0.1) is 6.26 Å². The van der Waals surface area contributed by atoms with E-state index in [9.17, 15) is 4.79 Å². The van der Waals surface area contributed by atoms with Crippen LogP contribution >= 0.6 is 0 Å². The molecule has 0 aliphatic heterocycles. The molecule has 4 heteroatoms. The van der Waals surface area contributed by atoms with Gasteiger partial charge in [0.2, 0.25) is 0 Å². The van der Waals surface area contributed by atoms with Crippen LogP contribution in [0.2, 0.25) is 0 Å². The summed E-state index contributed by atoms with van der Waals surface area (Å²) in [4.78, 5) is 13.8. The van der Waals surface area contributed by atoms with Gasteiger partial charge in [-0.05, 0) is 30.7 Å². The molecule has 1 aromatic heterocycles. The topological polar surface area (TPSA) is 53.7 Å². The Hall–Kier alpha value is -2.51. The Labute approximate surface area is 124 Å². The molecule has 1 aromatic carbocycles. The zero-order chi connectivity index (χ0) is 15.2. The number of aliphatic hydroxyl groups is 1. The third-order valence-corrected chi connectivity index (χ3v) is 3.09. The average Bonchev–Trinajstić information content (AvgIpc) is 2.92. The smallest absolute Gasteiger partial charge is 0.289 e. The molecule has 2 aromatic rings. The summed E-state index contributed by atoms with van der Waals surface area (Å²) >= 11 is 0. The normalized spacial score (nSPS) is 9.86. The lowest BCUT2D eigenvalue weighted by Gasteiger charge is -2.16. The van der Waals surface area contributed by atoms with E-state index in [1.165, 1.54) is 6.26 Å². The maximum atomic E-state index is 12.2. The lowest BCUT2D eigenvalue weighted by atomic mass is 10.1. The first kappa shape index (κ1) is 14.9. The molecule has 1 amide bonds. The van der Waals surface area contributed by atoms with Crippen LogP contribution in [0.4, 0.5) is 0 Å². The molecule has 4 nitrogen and oxygen atoms in total. The van der Waals surface area contributed by atoms with Crippen LogP contribution in [-0.2, 0) is 6.54 Å². The Balaban J connectivity index is 2.04. The molecule has 1 N–H and O–H groups in total. The third kappa shape index (κ3) is 3.74. The fraction of sp³-hybridized carbons (Fsp3) is 0.235. The number of rotatable bonds is 3. The summed E-state index contributed by atoms with van der Waals surface area (Å²) in [5, 5.41) is 8.65. The molecule has 1 heterocycles.